The van der Waals surface area contributed by atoms with E-state index in [4.69, 9.17) is 4.74 Å². The number of esters is 1. The molecule has 7 heteroatoms. The lowest BCUT2D eigenvalue weighted by Crippen LogP contribution is -2.15. The summed E-state index contributed by atoms with van der Waals surface area (Å²) in [7, 11) is 0. The summed E-state index contributed by atoms with van der Waals surface area (Å²) in [6.07, 6.45) is 0.444. The molecule has 128 valence electrons. The number of aryl methyl sites for hydroxylation is 1. The second kappa shape index (κ2) is 7.48. The molecule has 3 aromatic rings. The zero-order valence-electron chi connectivity index (χ0n) is 13.0. The van der Waals surface area contributed by atoms with Gasteiger partial charge < -0.3 is 4.74 Å². The lowest BCUT2D eigenvalue weighted by Gasteiger charge is -2.05. The van der Waals surface area contributed by atoms with Gasteiger partial charge in [-0.15, -0.1) is 11.3 Å². The van der Waals surface area contributed by atoms with Gasteiger partial charge in [0.2, 0.25) is 5.78 Å². The molecule has 3 rings (SSSR count). The van der Waals surface area contributed by atoms with Gasteiger partial charge in [-0.1, -0.05) is 12.1 Å². The van der Waals surface area contributed by atoms with Gasteiger partial charge in [0.05, 0.1) is 27.2 Å². The number of thiazole rings is 1. The monoisotopic (exact) mass is 361 g/mol. The number of aromatic nitrogens is 1. The van der Waals surface area contributed by atoms with Crippen molar-refractivity contribution in [1.29, 1.82) is 0 Å². The molecule has 0 saturated carbocycles. The fourth-order valence-electron chi connectivity index (χ4n) is 2.24. The average molecular weight is 361 g/mol. The number of para-hydroxylation sites is 1. The molecule has 0 unspecified atom stereocenters. The van der Waals surface area contributed by atoms with Crippen LogP contribution >= 0.6 is 11.3 Å². The number of fused-ring (bicyclic) bond motifs is 1. The maximum Gasteiger partial charge on any atom is 0.306 e. The normalized spacial score (nSPS) is 10.8. The van der Waals surface area contributed by atoms with Crippen LogP contribution in [0.1, 0.15) is 21.8 Å². The fraction of sp³-hybridized carbons (Fsp3) is 0.167. The number of ether oxygens (including phenoxy) is 1. The van der Waals surface area contributed by atoms with E-state index in [1.165, 1.54) is 11.3 Å². The lowest BCUT2D eigenvalue weighted by atomic mass is 10.1. The van der Waals surface area contributed by atoms with Crippen molar-refractivity contribution < 1.29 is 23.1 Å². The number of carbonyl (C=O) groups is 2. The minimum Gasteiger partial charge on any atom is -0.457 e. The smallest absolute Gasteiger partial charge is 0.306 e. The second-order valence-electron chi connectivity index (χ2n) is 5.28. The molecule has 1 heterocycles. The molecule has 0 saturated heterocycles. The SMILES string of the molecule is O=C(CCc1nc2ccccc2s1)OCC(=O)c1cc(F)ccc1F. The molecule has 0 fully saturated rings. The van der Waals surface area contributed by atoms with Gasteiger partial charge in [0.25, 0.3) is 0 Å². The van der Waals surface area contributed by atoms with Gasteiger partial charge in [0.15, 0.2) is 6.61 Å². The third-order valence-corrected chi connectivity index (χ3v) is 4.57. The Bertz CT molecular complexity index is 906. The highest BCUT2D eigenvalue weighted by Gasteiger charge is 2.15. The van der Waals surface area contributed by atoms with E-state index in [1.54, 1.807) is 0 Å². The maximum absolute atomic E-state index is 13.5. The van der Waals surface area contributed by atoms with Crippen molar-refractivity contribution in [1.82, 2.24) is 4.98 Å². The molecule has 2 aromatic carbocycles. The first kappa shape index (κ1) is 17.2. The van der Waals surface area contributed by atoms with E-state index in [0.717, 1.165) is 33.4 Å². The van der Waals surface area contributed by atoms with Gasteiger partial charge in [-0.2, -0.15) is 0 Å². The van der Waals surface area contributed by atoms with Crippen LogP contribution in [-0.4, -0.2) is 23.3 Å². The first-order chi connectivity index (χ1) is 12.0. The van der Waals surface area contributed by atoms with Crippen molar-refractivity contribution in [3.63, 3.8) is 0 Å². The summed E-state index contributed by atoms with van der Waals surface area (Å²) < 4.78 is 32.4. The predicted octanol–water partition coefficient (Wildman–Crippen LogP) is 3.93. The molecule has 0 aliphatic carbocycles. The largest absolute Gasteiger partial charge is 0.457 e. The van der Waals surface area contributed by atoms with E-state index in [-0.39, 0.29) is 6.42 Å². The van der Waals surface area contributed by atoms with Crippen LogP contribution in [0.2, 0.25) is 0 Å². The van der Waals surface area contributed by atoms with Crippen LogP contribution in [0.4, 0.5) is 8.78 Å². The molecular weight excluding hydrogens is 348 g/mol. The fourth-order valence-corrected chi connectivity index (χ4v) is 3.21. The first-order valence-electron chi connectivity index (χ1n) is 7.51. The molecule has 4 nitrogen and oxygen atoms in total. The van der Waals surface area contributed by atoms with E-state index in [2.05, 4.69) is 4.98 Å². The number of halogens is 2. The standard InChI is InChI=1S/C18H13F2NO3S/c19-11-5-6-13(20)12(9-11)15(22)10-24-18(23)8-7-17-21-14-3-1-2-4-16(14)25-17/h1-6,9H,7-8,10H2. The van der Waals surface area contributed by atoms with Crippen molar-refractivity contribution >= 4 is 33.3 Å². The lowest BCUT2D eigenvalue weighted by molar-refractivity contribution is -0.142. The number of Topliss-reactive ketones (excluding diaryl/α,β-unsaturated/α-hetero) is 1. The van der Waals surface area contributed by atoms with Crippen molar-refractivity contribution in [2.45, 2.75) is 12.8 Å². The molecule has 0 radical (unpaired) electrons. The number of rotatable bonds is 6. The minimum absolute atomic E-state index is 0.0543. The molecule has 0 bridgehead atoms. The zero-order valence-corrected chi connectivity index (χ0v) is 13.8. The quantitative estimate of drug-likeness (QED) is 0.493. The predicted molar refractivity (Wildman–Crippen MR) is 89.6 cm³/mol. The average Bonchev–Trinajstić information content (AvgIpc) is 3.03. The minimum atomic E-state index is -0.850. The van der Waals surface area contributed by atoms with E-state index in [9.17, 15) is 18.4 Å². The molecular formula is C18H13F2NO3S. The summed E-state index contributed by atoms with van der Waals surface area (Å²) in [6, 6.07) is 10.2. The Hall–Kier alpha value is -2.67. The molecule has 0 amide bonds. The van der Waals surface area contributed by atoms with Crippen LogP contribution in [0.15, 0.2) is 42.5 Å². The molecule has 0 aliphatic rings. The van der Waals surface area contributed by atoms with Crippen LogP contribution in [0, 0.1) is 11.6 Å². The molecule has 25 heavy (non-hydrogen) atoms. The van der Waals surface area contributed by atoms with Gasteiger partial charge >= 0.3 is 5.97 Å². The number of hydrogen-bond donors (Lipinski definition) is 0. The van der Waals surface area contributed by atoms with Crippen LogP contribution in [0.25, 0.3) is 10.2 Å². The number of ketones is 1. The first-order valence-corrected chi connectivity index (χ1v) is 8.33. The molecule has 0 N–H and O–H groups in total. The second-order valence-corrected chi connectivity index (χ2v) is 6.40. The Kier molecular flexibility index (Phi) is 5.14. The third kappa shape index (κ3) is 4.24. The van der Waals surface area contributed by atoms with Crippen molar-refractivity contribution in [2.24, 2.45) is 0 Å². The van der Waals surface area contributed by atoms with E-state index < -0.39 is 35.6 Å². The Morgan fingerprint density at radius 1 is 1.12 bits per heavy atom. The molecule has 1 aromatic heterocycles. The number of benzene rings is 2. The van der Waals surface area contributed by atoms with Crippen LogP contribution < -0.4 is 0 Å². The summed E-state index contributed by atoms with van der Waals surface area (Å²) in [4.78, 5) is 28.0. The third-order valence-electron chi connectivity index (χ3n) is 3.47. The summed E-state index contributed by atoms with van der Waals surface area (Å²) in [6.45, 7) is -0.626. The summed E-state index contributed by atoms with van der Waals surface area (Å²) in [5, 5.41) is 0.792. The highest BCUT2D eigenvalue weighted by atomic mass is 32.1. The van der Waals surface area contributed by atoms with Gasteiger partial charge in [0, 0.05) is 6.42 Å². The van der Waals surface area contributed by atoms with Gasteiger partial charge in [-0.3, -0.25) is 9.59 Å². The Labute approximate surface area is 146 Å². The highest BCUT2D eigenvalue weighted by molar-refractivity contribution is 7.18. The summed E-state index contributed by atoms with van der Waals surface area (Å²) >= 11 is 1.49. The topological polar surface area (TPSA) is 56.3 Å². The molecule has 0 atom stereocenters. The van der Waals surface area contributed by atoms with Gasteiger partial charge in [-0.05, 0) is 30.3 Å². The van der Waals surface area contributed by atoms with Crippen molar-refractivity contribution in [3.8, 4) is 0 Å². The Morgan fingerprint density at radius 2 is 1.92 bits per heavy atom. The van der Waals surface area contributed by atoms with Crippen LogP contribution in [0.3, 0.4) is 0 Å². The molecule has 0 spiro atoms. The van der Waals surface area contributed by atoms with Crippen molar-refractivity contribution in [3.05, 3.63) is 64.7 Å². The number of nitrogens with zero attached hydrogens (tertiary/aromatic N) is 1. The summed E-state index contributed by atoms with van der Waals surface area (Å²) in [5.74, 6) is -2.96. The van der Waals surface area contributed by atoms with E-state index >= 15 is 0 Å². The highest BCUT2D eigenvalue weighted by Crippen LogP contribution is 2.22. The number of hydrogen-bond acceptors (Lipinski definition) is 5. The Morgan fingerprint density at radius 3 is 2.72 bits per heavy atom. The van der Waals surface area contributed by atoms with Gasteiger partial charge in [-0.25, -0.2) is 13.8 Å². The van der Waals surface area contributed by atoms with Crippen LogP contribution in [0.5, 0.6) is 0 Å². The maximum atomic E-state index is 13.5. The molecule has 0 aliphatic heterocycles. The van der Waals surface area contributed by atoms with Crippen LogP contribution in [-0.2, 0) is 16.0 Å². The van der Waals surface area contributed by atoms with E-state index in [1.807, 2.05) is 24.3 Å². The van der Waals surface area contributed by atoms with Gasteiger partial charge in [0.1, 0.15) is 11.6 Å². The number of carbonyl (C=O) groups excluding carboxylic acids is 2. The van der Waals surface area contributed by atoms with Crippen molar-refractivity contribution in [2.75, 3.05) is 6.61 Å². The Balaban J connectivity index is 1.52. The van der Waals surface area contributed by atoms with E-state index in [0.29, 0.717) is 6.42 Å². The summed E-state index contributed by atoms with van der Waals surface area (Å²) in [5.41, 5.74) is 0.437. The zero-order chi connectivity index (χ0) is 17.8.